The molecule has 3 rings (SSSR count). The van der Waals surface area contributed by atoms with Crippen LogP contribution in [-0.4, -0.2) is 12.2 Å². The largest absolute Gasteiger partial charge is 0.342 e. The van der Waals surface area contributed by atoms with Crippen molar-refractivity contribution in [3.63, 3.8) is 0 Å². The Kier molecular flexibility index (Phi) is 2.47. The normalized spacial score (nSPS) is 35.1. The Hall–Kier alpha value is -0.860. The minimum absolute atomic E-state index is 0.126. The molecule has 1 aromatic carbocycles. The van der Waals surface area contributed by atoms with Crippen LogP contribution in [0.2, 0.25) is 0 Å². The van der Waals surface area contributed by atoms with Crippen molar-refractivity contribution in [3.05, 3.63) is 35.9 Å². The molecular formula is C13H16O2. The third-order valence-corrected chi connectivity index (χ3v) is 3.31. The van der Waals surface area contributed by atoms with Crippen molar-refractivity contribution in [1.29, 1.82) is 0 Å². The minimum atomic E-state index is -0.126. The van der Waals surface area contributed by atoms with E-state index in [1.807, 2.05) is 18.2 Å². The van der Waals surface area contributed by atoms with Crippen LogP contribution >= 0.6 is 0 Å². The van der Waals surface area contributed by atoms with Crippen LogP contribution in [0, 0.1) is 0 Å². The van der Waals surface area contributed by atoms with Crippen LogP contribution in [0.4, 0.5) is 0 Å². The Labute approximate surface area is 90.2 Å². The molecule has 2 aliphatic rings. The van der Waals surface area contributed by atoms with Gasteiger partial charge in [0.1, 0.15) is 0 Å². The second-order valence-electron chi connectivity index (χ2n) is 4.38. The van der Waals surface area contributed by atoms with E-state index in [9.17, 15) is 0 Å². The molecule has 0 radical (unpaired) electrons. The van der Waals surface area contributed by atoms with Crippen LogP contribution in [0.5, 0.6) is 0 Å². The van der Waals surface area contributed by atoms with Crippen molar-refractivity contribution < 1.29 is 9.47 Å². The van der Waals surface area contributed by atoms with Gasteiger partial charge < -0.3 is 9.47 Å². The van der Waals surface area contributed by atoms with Gasteiger partial charge in [0.2, 0.25) is 0 Å². The topological polar surface area (TPSA) is 18.5 Å². The molecule has 15 heavy (non-hydrogen) atoms. The molecule has 1 saturated heterocycles. The van der Waals surface area contributed by atoms with Crippen molar-refractivity contribution in [2.24, 2.45) is 0 Å². The lowest BCUT2D eigenvalue weighted by Gasteiger charge is -2.21. The van der Waals surface area contributed by atoms with Gasteiger partial charge in [0.25, 0.3) is 0 Å². The number of rotatable bonds is 1. The van der Waals surface area contributed by atoms with Crippen LogP contribution in [0.15, 0.2) is 30.3 Å². The smallest absolute Gasteiger partial charge is 0.184 e. The summed E-state index contributed by atoms with van der Waals surface area (Å²) < 4.78 is 11.9. The molecule has 80 valence electrons. The zero-order chi connectivity index (χ0) is 10.1. The monoisotopic (exact) mass is 204 g/mol. The first-order valence-corrected chi connectivity index (χ1v) is 5.79. The number of hydrogen-bond donors (Lipinski definition) is 0. The first-order chi connectivity index (χ1) is 7.43. The first kappa shape index (κ1) is 9.37. The van der Waals surface area contributed by atoms with E-state index in [0.717, 1.165) is 18.4 Å². The Bertz CT molecular complexity index is 309. The number of benzene rings is 1. The molecule has 2 fully saturated rings. The number of fused-ring (bicyclic) bond motifs is 1. The fourth-order valence-corrected chi connectivity index (χ4v) is 2.49. The predicted molar refractivity (Wildman–Crippen MR) is 57.4 cm³/mol. The molecule has 0 spiro atoms. The highest BCUT2D eigenvalue weighted by atomic mass is 16.7. The van der Waals surface area contributed by atoms with Gasteiger partial charge in [0.15, 0.2) is 6.29 Å². The van der Waals surface area contributed by atoms with Crippen molar-refractivity contribution in [3.8, 4) is 0 Å². The SMILES string of the molecule is c1ccc(C2O[C@H]3CCCC[C@H]3O2)cc1. The standard InChI is InChI=1S/C13H16O2/c1-2-6-10(7-3-1)13-14-11-8-4-5-9-12(11)15-13/h1-3,6-7,11-13H,4-5,8-9H2/t11-,12+,13?. The summed E-state index contributed by atoms with van der Waals surface area (Å²) in [5.74, 6) is 0. The lowest BCUT2D eigenvalue weighted by atomic mass is 9.95. The second kappa shape index (κ2) is 3.95. The van der Waals surface area contributed by atoms with Crippen molar-refractivity contribution in [1.82, 2.24) is 0 Å². The molecule has 3 atom stereocenters. The van der Waals surface area contributed by atoms with Crippen LogP contribution < -0.4 is 0 Å². The van der Waals surface area contributed by atoms with E-state index in [0.29, 0.717) is 12.2 Å². The summed E-state index contributed by atoms with van der Waals surface area (Å²) >= 11 is 0. The molecule has 0 N–H and O–H groups in total. The van der Waals surface area contributed by atoms with Crippen LogP contribution in [0.3, 0.4) is 0 Å². The van der Waals surface area contributed by atoms with E-state index < -0.39 is 0 Å². The highest BCUT2D eigenvalue weighted by Crippen LogP contribution is 2.37. The maximum absolute atomic E-state index is 5.93. The van der Waals surface area contributed by atoms with Gasteiger partial charge in [0, 0.05) is 5.56 Å². The molecule has 1 saturated carbocycles. The fourth-order valence-electron chi connectivity index (χ4n) is 2.49. The first-order valence-electron chi connectivity index (χ1n) is 5.79. The minimum Gasteiger partial charge on any atom is -0.342 e. The maximum Gasteiger partial charge on any atom is 0.184 e. The predicted octanol–water partition coefficient (Wildman–Crippen LogP) is 3.04. The van der Waals surface area contributed by atoms with E-state index in [4.69, 9.17) is 9.47 Å². The summed E-state index contributed by atoms with van der Waals surface area (Å²) in [6, 6.07) is 10.2. The maximum atomic E-state index is 5.93. The summed E-state index contributed by atoms with van der Waals surface area (Å²) in [5, 5.41) is 0. The van der Waals surface area contributed by atoms with Gasteiger partial charge in [-0.1, -0.05) is 43.2 Å². The fraction of sp³-hybridized carbons (Fsp3) is 0.538. The summed E-state index contributed by atoms with van der Waals surface area (Å²) in [5.41, 5.74) is 1.15. The molecule has 0 amide bonds. The molecule has 1 heterocycles. The molecule has 2 nitrogen and oxygen atoms in total. The highest BCUT2D eigenvalue weighted by Gasteiger charge is 2.37. The molecule has 0 bridgehead atoms. The second-order valence-corrected chi connectivity index (χ2v) is 4.38. The van der Waals surface area contributed by atoms with E-state index in [1.54, 1.807) is 0 Å². The van der Waals surface area contributed by atoms with E-state index in [1.165, 1.54) is 12.8 Å². The zero-order valence-corrected chi connectivity index (χ0v) is 8.76. The summed E-state index contributed by atoms with van der Waals surface area (Å²) in [7, 11) is 0. The van der Waals surface area contributed by atoms with E-state index in [-0.39, 0.29) is 6.29 Å². The van der Waals surface area contributed by atoms with Crippen molar-refractivity contribution in [2.75, 3.05) is 0 Å². The summed E-state index contributed by atoms with van der Waals surface area (Å²) in [4.78, 5) is 0. The quantitative estimate of drug-likeness (QED) is 0.700. The van der Waals surface area contributed by atoms with E-state index in [2.05, 4.69) is 12.1 Å². The number of ether oxygens (including phenoxy) is 2. The molecule has 2 heteroatoms. The van der Waals surface area contributed by atoms with Gasteiger partial charge in [0.05, 0.1) is 12.2 Å². The Morgan fingerprint density at radius 1 is 0.867 bits per heavy atom. The Morgan fingerprint density at radius 2 is 1.47 bits per heavy atom. The molecule has 1 aliphatic heterocycles. The summed E-state index contributed by atoms with van der Waals surface area (Å²) in [6.45, 7) is 0. The average Bonchev–Trinajstić information content (AvgIpc) is 2.74. The lowest BCUT2D eigenvalue weighted by Crippen LogP contribution is -2.25. The van der Waals surface area contributed by atoms with E-state index >= 15 is 0 Å². The molecule has 1 aliphatic carbocycles. The van der Waals surface area contributed by atoms with Crippen LogP contribution in [0.25, 0.3) is 0 Å². The zero-order valence-electron chi connectivity index (χ0n) is 8.76. The average molecular weight is 204 g/mol. The van der Waals surface area contributed by atoms with Gasteiger partial charge in [-0.25, -0.2) is 0 Å². The third-order valence-electron chi connectivity index (χ3n) is 3.31. The van der Waals surface area contributed by atoms with Crippen molar-refractivity contribution >= 4 is 0 Å². The lowest BCUT2D eigenvalue weighted by molar-refractivity contribution is -0.0680. The van der Waals surface area contributed by atoms with Crippen LogP contribution in [-0.2, 0) is 9.47 Å². The molecule has 1 aromatic rings. The van der Waals surface area contributed by atoms with Crippen LogP contribution in [0.1, 0.15) is 37.5 Å². The highest BCUT2D eigenvalue weighted by molar-refractivity contribution is 5.16. The Morgan fingerprint density at radius 3 is 2.07 bits per heavy atom. The van der Waals surface area contributed by atoms with Gasteiger partial charge in [-0.15, -0.1) is 0 Å². The van der Waals surface area contributed by atoms with Gasteiger partial charge in [-0.05, 0) is 12.8 Å². The molecular weight excluding hydrogens is 188 g/mol. The van der Waals surface area contributed by atoms with Crippen molar-refractivity contribution in [2.45, 2.75) is 44.2 Å². The van der Waals surface area contributed by atoms with Gasteiger partial charge in [-0.2, -0.15) is 0 Å². The molecule has 0 aromatic heterocycles. The Balaban J connectivity index is 1.75. The number of hydrogen-bond acceptors (Lipinski definition) is 2. The molecule has 1 unspecified atom stereocenters. The summed E-state index contributed by atoms with van der Waals surface area (Å²) in [6.07, 6.45) is 5.44. The third kappa shape index (κ3) is 1.80. The van der Waals surface area contributed by atoms with Gasteiger partial charge >= 0.3 is 0 Å². The van der Waals surface area contributed by atoms with Gasteiger partial charge in [-0.3, -0.25) is 0 Å².